The first-order chi connectivity index (χ1) is 14.2. The lowest BCUT2D eigenvalue weighted by atomic mass is 10.0. The van der Waals surface area contributed by atoms with Gasteiger partial charge in [-0.25, -0.2) is 4.99 Å². The molecule has 3 aromatic rings. The number of nitrogens with zero attached hydrogens (tertiary/aromatic N) is 1. The zero-order valence-electron chi connectivity index (χ0n) is 16.7. The molecular weight excluding hydrogens is 400 g/mol. The molecule has 1 N–H and O–H groups in total. The Balaban J connectivity index is 1.67. The van der Waals surface area contributed by atoms with Gasteiger partial charge in [-0.3, -0.25) is 4.79 Å². The molecule has 2 aromatic heterocycles. The third-order valence-corrected chi connectivity index (χ3v) is 7.33. The van der Waals surface area contributed by atoms with Gasteiger partial charge in [-0.2, -0.15) is 0 Å². The maximum absolute atomic E-state index is 13.3. The number of fused-ring (bicyclic) bond motifs is 1. The SMILES string of the molecule is COc1ccc(NC(=O)c2c(/N=C/c3sccc3C)sc3c2CCCCC3)cc1. The molecule has 1 amide bonds. The maximum atomic E-state index is 13.3. The van der Waals surface area contributed by atoms with Crippen LogP contribution in [0.5, 0.6) is 5.75 Å². The molecule has 0 atom stereocenters. The number of benzene rings is 1. The molecule has 4 nitrogen and oxygen atoms in total. The predicted molar refractivity (Wildman–Crippen MR) is 123 cm³/mol. The minimum atomic E-state index is -0.0791. The van der Waals surface area contributed by atoms with Crippen molar-refractivity contribution in [3.63, 3.8) is 0 Å². The van der Waals surface area contributed by atoms with Crippen molar-refractivity contribution >= 4 is 45.5 Å². The van der Waals surface area contributed by atoms with Gasteiger partial charge in [-0.1, -0.05) is 6.42 Å². The Morgan fingerprint density at radius 1 is 1.14 bits per heavy atom. The lowest BCUT2D eigenvalue weighted by Gasteiger charge is -2.08. The Hall–Kier alpha value is -2.44. The average molecular weight is 425 g/mol. The summed E-state index contributed by atoms with van der Waals surface area (Å²) in [6, 6.07) is 9.51. The number of methoxy groups -OCH3 is 1. The lowest BCUT2D eigenvalue weighted by molar-refractivity contribution is 0.102. The second-order valence-electron chi connectivity index (χ2n) is 7.15. The first-order valence-electron chi connectivity index (χ1n) is 9.84. The van der Waals surface area contributed by atoms with Crippen molar-refractivity contribution in [3.8, 4) is 5.75 Å². The number of anilines is 1. The molecule has 0 radical (unpaired) electrons. The molecule has 0 unspecified atom stereocenters. The summed E-state index contributed by atoms with van der Waals surface area (Å²) in [5, 5.41) is 5.93. The summed E-state index contributed by atoms with van der Waals surface area (Å²) < 4.78 is 5.20. The molecule has 4 rings (SSSR count). The first kappa shape index (κ1) is 19.9. The van der Waals surface area contributed by atoms with Crippen molar-refractivity contribution in [2.75, 3.05) is 12.4 Å². The highest BCUT2D eigenvalue weighted by Gasteiger charge is 2.24. The Kier molecular flexibility index (Phi) is 6.11. The van der Waals surface area contributed by atoms with E-state index in [4.69, 9.17) is 9.73 Å². The van der Waals surface area contributed by atoms with Gasteiger partial charge in [0.25, 0.3) is 5.91 Å². The number of nitrogens with one attached hydrogen (secondary N) is 1. The molecule has 2 heterocycles. The summed E-state index contributed by atoms with van der Waals surface area (Å²) >= 11 is 3.34. The van der Waals surface area contributed by atoms with E-state index < -0.39 is 0 Å². The molecule has 0 saturated heterocycles. The molecule has 0 aliphatic heterocycles. The van der Waals surface area contributed by atoms with Crippen LogP contribution in [-0.4, -0.2) is 19.2 Å². The smallest absolute Gasteiger partial charge is 0.259 e. The first-order valence-corrected chi connectivity index (χ1v) is 11.5. The van der Waals surface area contributed by atoms with E-state index in [0.29, 0.717) is 0 Å². The number of ether oxygens (including phenoxy) is 1. The maximum Gasteiger partial charge on any atom is 0.259 e. The third kappa shape index (κ3) is 4.43. The molecule has 0 fully saturated rings. The third-order valence-electron chi connectivity index (χ3n) is 5.18. The molecular formula is C23H24N2O2S2. The Morgan fingerprint density at radius 3 is 2.66 bits per heavy atom. The van der Waals surface area contributed by atoms with E-state index in [2.05, 4.69) is 23.7 Å². The predicted octanol–water partition coefficient (Wildman–Crippen LogP) is 6.40. The Morgan fingerprint density at radius 2 is 1.93 bits per heavy atom. The number of hydrogen-bond donors (Lipinski definition) is 1. The number of hydrogen-bond acceptors (Lipinski definition) is 5. The van der Waals surface area contributed by atoms with Crippen molar-refractivity contribution < 1.29 is 9.53 Å². The van der Waals surface area contributed by atoms with E-state index >= 15 is 0 Å². The van der Waals surface area contributed by atoms with Gasteiger partial charge in [0.1, 0.15) is 10.8 Å². The largest absolute Gasteiger partial charge is 0.497 e. The average Bonchev–Trinajstić information content (AvgIpc) is 3.22. The highest BCUT2D eigenvalue weighted by atomic mass is 32.1. The van der Waals surface area contributed by atoms with Crippen LogP contribution in [-0.2, 0) is 12.8 Å². The van der Waals surface area contributed by atoms with E-state index in [-0.39, 0.29) is 5.91 Å². The molecule has 29 heavy (non-hydrogen) atoms. The summed E-state index contributed by atoms with van der Waals surface area (Å²) in [7, 11) is 1.63. The van der Waals surface area contributed by atoms with E-state index in [1.54, 1.807) is 29.8 Å². The summed E-state index contributed by atoms with van der Waals surface area (Å²) in [4.78, 5) is 20.5. The lowest BCUT2D eigenvalue weighted by Crippen LogP contribution is -2.13. The quantitative estimate of drug-likeness (QED) is 0.381. The number of amides is 1. The topological polar surface area (TPSA) is 50.7 Å². The van der Waals surface area contributed by atoms with Crippen LogP contribution in [0.1, 0.15) is 50.5 Å². The van der Waals surface area contributed by atoms with E-state index in [9.17, 15) is 4.79 Å². The fourth-order valence-corrected chi connectivity index (χ4v) is 5.57. The number of aryl methyl sites for hydroxylation is 2. The van der Waals surface area contributed by atoms with Crippen molar-refractivity contribution in [1.82, 2.24) is 0 Å². The Bertz CT molecular complexity index is 1030. The zero-order valence-corrected chi connectivity index (χ0v) is 18.3. The van der Waals surface area contributed by atoms with E-state index in [1.807, 2.05) is 30.5 Å². The van der Waals surface area contributed by atoms with Crippen LogP contribution in [0, 0.1) is 6.92 Å². The fourth-order valence-electron chi connectivity index (χ4n) is 3.56. The van der Waals surface area contributed by atoms with Crippen molar-refractivity contribution in [1.29, 1.82) is 0 Å². The van der Waals surface area contributed by atoms with Crippen LogP contribution in [0.3, 0.4) is 0 Å². The van der Waals surface area contributed by atoms with Crippen molar-refractivity contribution in [2.45, 2.75) is 39.0 Å². The van der Waals surface area contributed by atoms with Gasteiger partial charge >= 0.3 is 0 Å². The van der Waals surface area contributed by atoms with Crippen LogP contribution in [0.25, 0.3) is 0 Å². The van der Waals surface area contributed by atoms with Gasteiger partial charge in [-0.05, 0) is 79.4 Å². The molecule has 150 valence electrons. The summed E-state index contributed by atoms with van der Waals surface area (Å²) in [6.07, 6.45) is 7.41. The number of carbonyl (C=O) groups excluding carboxylic acids is 1. The van der Waals surface area contributed by atoms with Gasteiger partial charge < -0.3 is 10.1 Å². The normalized spacial score (nSPS) is 13.9. The summed E-state index contributed by atoms with van der Waals surface area (Å²) in [6.45, 7) is 2.08. The monoisotopic (exact) mass is 424 g/mol. The minimum Gasteiger partial charge on any atom is -0.497 e. The van der Waals surface area contributed by atoms with Crippen LogP contribution in [0.15, 0.2) is 40.7 Å². The van der Waals surface area contributed by atoms with Crippen LogP contribution in [0.2, 0.25) is 0 Å². The standard InChI is InChI=1S/C23H24N2O2S2/c1-15-12-13-28-20(15)14-24-23-21(18-6-4-3-5-7-19(18)29-23)22(26)25-16-8-10-17(27-2)11-9-16/h8-14H,3-7H2,1-2H3,(H,25,26)/b24-14+. The number of aliphatic imine (C=N–C) groups is 1. The zero-order chi connectivity index (χ0) is 20.2. The summed E-state index contributed by atoms with van der Waals surface area (Å²) in [5.41, 5.74) is 3.90. The summed E-state index contributed by atoms with van der Waals surface area (Å²) in [5.74, 6) is 0.689. The molecule has 0 saturated carbocycles. The number of thiophene rings is 2. The second kappa shape index (κ2) is 8.93. The number of carbonyl (C=O) groups is 1. The fraction of sp³-hybridized carbons (Fsp3) is 0.304. The molecule has 0 bridgehead atoms. The van der Waals surface area contributed by atoms with E-state index in [0.717, 1.165) is 46.1 Å². The van der Waals surface area contributed by atoms with Gasteiger partial charge in [0, 0.05) is 21.7 Å². The molecule has 1 aromatic carbocycles. The van der Waals surface area contributed by atoms with E-state index in [1.165, 1.54) is 28.8 Å². The van der Waals surface area contributed by atoms with Gasteiger partial charge in [-0.15, -0.1) is 22.7 Å². The van der Waals surface area contributed by atoms with Crippen LogP contribution >= 0.6 is 22.7 Å². The number of rotatable bonds is 5. The highest BCUT2D eigenvalue weighted by Crippen LogP contribution is 2.39. The Labute approximate surface area is 179 Å². The van der Waals surface area contributed by atoms with Gasteiger partial charge in [0.15, 0.2) is 0 Å². The van der Waals surface area contributed by atoms with Crippen LogP contribution in [0.4, 0.5) is 10.7 Å². The molecule has 1 aliphatic rings. The minimum absolute atomic E-state index is 0.0791. The van der Waals surface area contributed by atoms with Crippen molar-refractivity contribution in [2.24, 2.45) is 4.99 Å². The second-order valence-corrected chi connectivity index (χ2v) is 9.18. The van der Waals surface area contributed by atoms with Gasteiger partial charge in [0.2, 0.25) is 0 Å². The van der Waals surface area contributed by atoms with Gasteiger partial charge in [0.05, 0.1) is 12.7 Å². The van der Waals surface area contributed by atoms with Crippen LogP contribution < -0.4 is 10.1 Å². The molecule has 6 heteroatoms. The highest BCUT2D eigenvalue weighted by molar-refractivity contribution is 7.16. The van der Waals surface area contributed by atoms with Crippen molar-refractivity contribution in [3.05, 3.63) is 62.2 Å². The molecule has 1 aliphatic carbocycles. The molecule has 0 spiro atoms.